The molecule has 502 valence electrons. The monoisotopic (exact) mass is 1290 g/mol. The van der Waals surface area contributed by atoms with E-state index in [1.165, 1.54) is 63.4 Å². The van der Waals surface area contributed by atoms with E-state index in [4.69, 9.17) is 25.7 Å². The average Bonchev–Trinajstić information content (AvgIpc) is 0.716. The average molecular weight is 1290 g/mol. The molecule has 1 fully saturated rings. The van der Waals surface area contributed by atoms with Crippen LogP contribution in [0.4, 0.5) is 0 Å². The molecule has 1 aliphatic heterocycles. The number of primary amides is 1. The van der Waals surface area contributed by atoms with Crippen molar-refractivity contribution >= 4 is 64.6 Å². The number of hydrogen-bond acceptors (Lipinski definition) is 23. The highest BCUT2D eigenvalue weighted by Gasteiger charge is 2.51. The predicted octanol–water partition coefficient (Wildman–Crippen LogP) is -3.39. The van der Waals surface area contributed by atoms with Gasteiger partial charge in [0.2, 0.25) is 53.0 Å². The van der Waals surface area contributed by atoms with Gasteiger partial charge < -0.3 is 104 Å². The van der Waals surface area contributed by atoms with Crippen LogP contribution >= 0.6 is 0 Å². The summed E-state index contributed by atoms with van der Waals surface area (Å²) in [6, 6.07) is -1.09. The Bertz CT molecular complexity index is 3260. The lowest BCUT2D eigenvalue weighted by Crippen LogP contribution is -2.62. The summed E-state index contributed by atoms with van der Waals surface area (Å²) in [5.74, 6) is -12.5. The number of phenolic OH excluding ortho intramolecular Hbond substituents is 3. The van der Waals surface area contributed by atoms with E-state index in [-0.39, 0.29) is 53.0 Å². The molecule has 3 aromatic carbocycles. The van der Waals surface area contributed by atoms with Crippen molar-refractivity contribution in [3.8, 4) is 23.0 Å². The molecule has 3 aromatic rings. The van der Waals surface area contributed by atoms with Crippen LogP contribution in [0, 0.1) is 0 Å². The molecule has 1 saturated heterocycles. The number of aliphatic hydroxyl groups excluding tert-OH is 4. The second-order valence-corrected chi connectivity index (χ2v) is 22.8. The van der Waals surface area contributed by atoms with Crippen LogP contribution in [0.2, 0.25) is 0 Å². The fraction of sp³-hybridized carbons (Fsp3) is 0.525. The number of carbonyl (C=O) groups excluding carboxylic acids is 11. The van der Waals surface area contributed by atoms with Gasteiger partial charge in [0.25, 0.3) is 0 Å². The highest BCUT2D eigenvalue weighted by atomic mass is 16.7. The zero-order chi connectivity index (χ0) is 67.9. The lowest BCUT2D eigenvalue weighted by molar-refractivity contribution is -0.249. The molecule has 8 amide bonds. The van der Waals surface area contributed by atoms with Gasteiger partial charge in [0.1, 0.15) is 77.6 Å². The van der Waals surface area contributed by atoms with Crippen molar-refractivity contribution < 1.29 is 108 Å². The molecule has 31 heteroatoms. The number of nitrogens with two attached hydrogens (primary N) is 2. The number of hydrogen-bond donors (Lipinski definition) is 17. The second kappa shape index (κ2) is 32.5. The quantitative estimate of drug-likeness (QED) is 0.0167. The van der Waals surface area contributed by atoms with Gasteiger partial charge >= 0.3 is 0 Å². The third-order valence-electron chi connectivity index (χ3n) is 16.2. The topological polar surface area (TPSA) is 514 Å². The summed E-state index contributed by atoms with van der Waals surface area (Å²) in [5.41, 5.74) is 6.58. The molecule has 6 rings (SSSR count). The first-order chi connectivity index (χ1) is 43.6. The Morgan fingerprint density at radius 2 is 1.26 bits per heavy atom. The Morgan fingerprint density at radius 3 is 1.83 bits per heavy atom. The SMILES string of the molecule is CCCC[C@H](NC(=O)[C@H](CO)NC(=O)[C@H](CO)NC(=O)[C@H](CCC(N)=O)NC(=O)[C@H](Cc1ccc(O)cc1)NC(=O)[C@H](CCCCN)NC(C)=O)C(=O)N[C@H]1C[C@H](O[C@H]2C[C@](O)(C(=O)CO)Cc3c(O)c4c(c(O)c32)C(=O)c2c(OC)cccc2C4=O)O[C@@H](C)[C@H]1O. The summed E-state index contributed by atoms with van der Waals surface area (Å²) in [4.78, 5) is 149. The van der Waals surface area contributed by atoms with Crippen LogP contribution in [-0.4, -0.2) is 205 Å². The largest absolute Gasteiger partial charge is 0.508 e. The number of amides is 8. The van der Waals surface area contributed by atoms with Crippen LogP contribution in [0.3, 0.4) is 0 Å². The number of ether oxygens (including phenoxy) is 3. The number of carbonyl (C=O) groups is 11. The van der Waals surface area contributed by atoms with Crippen LogP contribution in [0.25, 0.3) is 0 Å². The highest BCUT2D eigenvalue weighted by Crippen LogP contribution is 2.52. The highest BCUT2D eigenvalue weighted by molar-refractivity contribution is 6.31. The van der Waals surface area contributed by atoms with Crippen molar-refractivity contribution in [2.75, 3.05) is 33.5 Å². The molecule has 2 aliphatic carbocycles. The van der Waals surface area contributed by atoms with Crippen molar-refractivity contribution in [3.63, 3.8) is 0 Å². The minimum absolute atomic E-state index is 0.0228. The van der Waals surface area contributed by atoms with Gasteiger partial charge in [-0.15, -0.1) is 0 Å². The number of rotatable bonds is 32. The maximum Gasteiger partial charge on any atom is 0.245 e. The summed E-state index contributed by atoms with van der Waals surface area (Å²) in [7, 11) is 1.25. The number of aromatic hydroxyl groups is 3. The van der Waals surface area contributed by atoms with Crippen LogP contribution in [-0.2, 0) is 65.5 Å². The minimum atomic E-state index is -2.50. The van der Waals surface area contributed by atoms with E-state index in [2.05, 4.69) is 37.2 Å². The summed E-state index contributed by atoms with van der Waals surface area (Å²) < 4.78 is 17.6. The molecule has 0 saturated carbocycles. The van der Waals surface area contributed by atoms with Crippen molar-refractivity contribution in [2.24, 2.45) is 11.5 Å². The molecule has 0 spiro atoms. The van der Waals surface area contributed by atoms with Crippen molar-refractivity contribution in [3.05, 3.63) is 81.4 Å². The number of unbranched alkanes of at least 4 members (excludes halogenated alkanes) is 2. The van der Waals surface area contributed by atoms with Gasteiger partial charge in [-0.1, -0.05) is 44.0 Å². The molecule has 92 heavy (non-hydrogen) atoms. The Labute approximate surface area is 527 Å². The normalized spacial score (nSPS) is 21.0. The van der Waals surface area contributed by atoms with Crippen molar-refractivity contribution in [2.45, 2.75) is 170 Å². The number of fused-ring (bicyclic) bond motifs is 3. The van der Waals surface area contributed by atoms with E-state index >= 15 is 0 Å². The first-order valence-electron chi connectivity index (χ1n) is 30.0. The van der Waals surface area contributed by atoms with E-state index in [1.807, 2.05) is 0 Å². The van der Waals surface area contributed by atoms with Gasteiger partial charge in [0.05, 0.1) is 55.3 Å². The molecule has 0 bridgehead atoms. The molecule has 0 aromatic heterocycles. The molecule has 19 N–H and O–H groups in total. The second-order valence-electron chi connectivity index (χ2n) is 22.8. The van der Waals surface area contributed by atoms with Crippen LogP contribution in [0.15, 0.2) is 42.5 Å². The van der Waals surface area contributed by atoms with E-state index in [0.29, 0.717) is 37.8 Å². The van der Waals surface area contributed by atoms with Gasteiger partial charge in [-0.25, -0.2) is 0 Å². The molecule has 0 unspecified atom stereocenters. The maximum atomic E-state index is 14.2. The van der Waals surface area contributed by atoms with Crippen molar-refractivity contribution in [1.29, 1.82) is 0 Å². The van der Waals surface area contributed by atoms with Gasteiger partial charge in [0, 0.05) is 55.7 Å². The standard InChI is InChI=1S/C61H81N9O22/c1-5-6-11-35(56(84)67-37-22-45(91-28(2)50(37)78)92-42-24-61(89,43(76)27-73)23-33-47(42)54(82)49-48(52(33)80)51(79)32-10-9-13-41(90-4)46(32)53(49)81)65-59(87)39(25-71)70-60(88)40(26-72)69-57(85)36(18-19-44(63)77)66-58(86)38(21-30-14-16-31(75)17-15-30)68-55(83)34(64-29(3)74)12-7-8-20-62/h9-10,13-17,28,34-40,42,45,50,71-73,75,78,80,82,89H,5-8,11-12,18-27,62H2,1-4H3,(H2,63,77)(H,64,74)(H,65,87)(H,66,86)(H,67,84)(H,68,83)(H,69,85)(H,70,88)/t28-,34-,35-,36-,37-,38-,39-,40-,42-,45-,50+,61-/m0/s1. The predicted molar refractivity (Wildman–Crippen MR) is 320 cm³/mol. The third-order valence-corrected chi connectivity index (χ3v) is 16.2. The number of aliphatic hydroxyl groups is 5. The van der Waals surface area contributed by atoms with E-state index in [1.54, 1.807) is 6.92 Å². The van der Waals surface area contributed by atoms with Gasteiger partial charge in [-0.2, -0.15) is 0 Å². The number of ketones is 3. The zero-order valence-electron chi connectivity index (χ0n) is 51.2. The number of methoxy groups -OCH3 is 1. The minimum Gasteiger partial charge on any atom is -0.508 e. The number of benzene rings is 3. The number of Topliss-reactive ketones (excluding diaryl/α,β-unsaturated/α-hetero) is 1. The molecule has 31 nitrogen and oxygen atoms in total. The molecular formula is C61H81N9O22. The smallest absolute Gasteiger partial charge is 0.245 e. The Hall–Kier alpha value is -8.69. The van der Waals surface area contributed by atoms with E-state index in [9.17, 15) is 93.6 Å². The summed E-state index contributed by atoms with van der Waals surface area (Å²) >= 11 is 0. The maximum absolute atomic E-state index is 14.2. The Balaban J connectivity index is 1.16. The van der Waals surface area contributed by atoms with Crippen molar-refractivity contribution in [1.82, 2.24) is 37.2 Å². The fourth-order valence-electron chi connectivity index (χ4n) is 11.2. The van der Waals surface area contributed by atoms with E-state index < -0.39 is 212 Å². The third kappa shape index (κ3) is 17.5. The fourth-order valence-corrected chi connectivity index (χ4v) is 11.2. The van der Waals surface area contributed by atoms with Crippen LogP contribution in [0.5, 0.6) is 23.0 Å². The van der Waals surface area contributed by atoms with E-state index in [0.717, 1.165) is 0 Å². The first-order valence-corrected chi connectivity index (χ1v) is 30.0. The molecule has 1 heterocycles. The van der Waals surface area contributed by atoms with Gasteiger partial charge in [-0.05, 0) is 69.3 Å². The number of phenols is 3. The van der Waals surface area contributed by atoms with Gasteiger partial charge in [0.15, 0.2) is 17.9 Å². The molecular weight excluding hydrogens is 1210 g/mol. The molecule has 3 aliphatic rings. The summed E-state index contributed by atoms with van der Waals surface area (Å²) in [6.45, 7) is 1.21. The lowest BCUT2D eigenvalue weighted by atomic mass is 9.72. The Kier molecular flexibility index (Phi) is 25.6. The van der Waals surface area contributed by atoms with Crippen LogP contribution in [0.1, 0.15) is 140 Å². The van der Waals surface area contributed by atoms with Gasteiger partial charge in [-0.3, -0.25) is 52.7 Å². The molecule has 12 atom stereocenters. The summed E-state index contributed by atoms with van der Waals surface area (Å²) in [5, 5.41) is 105. The lowest BCUT2D eigenvalue weighted by Gasteiger charge is -2.43. The number of nitrogens with one attached hydrogen (secondary N) is 7. The summed E-state index contributed by atoms with van der Waals surface area (Å²) in [6.07, 6.45) is -7.16. The first kappa shape index (κ1) is 72.4. The van der Waals surface area contributed by atoms with Crippen LogP contribution < -0.4 is 53.4 Å². The zero-order valence-corrected chi connectivity index (χ0v) is 51.2. The Morgan fingerprint density at radius 1 is 0.707 bits per heavy atom. The molecule has 0 radical (unpaired) electrons.